The average Bonchev–Trinajstić information content (AvgIpc) is 2.62. The molecule has 0 atom stereocenters. The Balaban J connectivity index is 1.65. The van der Waals surface area contributed by atoms with Gasteiger partial charge in [0.05, 0.1) is 12.2 Å². The normalized spacial score (nSPS) is 10.1. The number of hydrogen-bond acceptors (Lipinski definition) is 4. The van der Waals surface area contributed by atoms with E-state index in [1.54, 1.807) is 42.7 Å². The summed E-state index contributed by atoms with van der Waals surface area (Å²) < 4.78 is 5.63. The monoisotopic (exact) mass is 305 g/mol. The lowest BCUT2D eigenvalue weighted by molar-refractivity contribution is 0.0950. The van der Waals surface area contributed by atoms with Crippen LogP contribution >= 0.6 is 0 Å². The van der Waals surface area contributed by atoms with Crippen LogP contribution in [0.5, 0.6) is 11.6 Å². The van der Waals surface area contributed by atoms with Crippen molar-refractivity contribution < 1.29 is 9.53 Å². The van der Waals surface area contributed by atoms with Gasteiger partial charge in [-0.1, -0.05) is 18.2 Å². The van der Waals surface area contributed by atoms with Gasteiger partial charge in [0.1, 0.15) is 5.75 Å². The van der Waals surface area contributed by atoms with Crippen LogP contribution in [0.1, 0.15) is 16.1 Å². The van der Waals surface area contributed by atoms with E-state index in [2.05, 4.69) is 15.3 Å². The molecule has 1 amide bonds. The van der Waals surface area contributed by atoms with Crippen molar-refractivity contribution in [3.05, 3.63) is 84.3 Å². The van der Waals surface area contributed by atoms with Gasteiger partial charge in [0.15, 0.2) is 0 Å². The van der Waals surface area contributed by atoms with Crippen molar-refractivity contribution in [2.75, 3.05) is 0 Å². The van der Waals surface area contributed by atoms with Gasteiger partial charge in [0, 0.05) is 24.0 Å². The van der Waals surface area contributed by atoms with Crippen LogP contribution in [0.15, 0.2) is 73.1 Å². The summed E-state index contributed by atoms with van der Waals surface area (Å²) in [5.41, 5.74) is 1.33. The van der Waals surface area contributed by atoms with E-state index in [1.165, 1.54) is 0 Å². The summed E-state index contributed by atoms with van der Waals surface area (Å²) in [7, 11) is 0. The molecule has 0 aliphatic rings. The average molecular weight is 305 g/mol. The van der Waals surface area contributed by atoms with Crippen molar-refractivity contribution in [1.29, 1.82) is 0 Å². The van der Waals surface area contributed by atoms with E-state index >= 15 is 0 Å². The largest absolute Gasteiger partial charge is 0.439 e. The summed E-state index contributed by atoms with van der Waals surface area (Å²) in [5, 5.41) is 2.83. The predicted molar refractivity (Wildman–Crippen MR) is 86.2 cm³/mol. The van der Waals surface area contributed by atoms with E-state index < -0.39 is 0 Å². The van der Waals surface area contributed by atoms with Crippen molar-refractivity contribution in [3.8, 4) is 11.6 Å². The molecular weight excluding hydrogens is 290 g/mol. The molecule has 0 spiro atoms. The molecule has 3 aromatic rings. The van der Waals surface area contributed by atoms with Crippen LogP contribution in [0.4, 0.5) is 0 Å². The molecule has 0 fully saturated rings. The minimum atomic E-state index is -0.179. The Hall–Kier alpha value is -3.21. The van der Waals surface area contributed by atoms with Crippen LogP contribution in [-0.4, -0.2) is 15.9 Å². The zero-order chi connectivity index (χ0) is 15.9. The van der Waals surface area contributed by atoms with Crippen LogP contribution in [0.2, 0.25) is 0 Å². The zero-order valence-corrected chi connectivity index (χ0v) is 12.3. The first-order valence-electron chi connectivity index (χ1n) is 7.18. The lowest BCUT2D eigenvalue weighted by atomic mass is 10.2. The summed E-state index contributed by atoms with van der Waals surface area (Å²) in [6, 6.07) is 18.0. The van der Waals surface area contributed by atoms with Gasteiger partial charge in [0.2, 0.25) is 5.88 Å². The number of aromatic nitrogens is 2. The molecule has 0 unspecified atom stereocenters. The number of hydrogen-bond donors (Lipinski definition) is 1. The van der Waals surface area contributed by atoms with Gasteiger partial charge in [-0.25, -0.2) is 4.98 Å². The van der Waals surface area contributed by atoms with E-state index in [9.17, 15) is 4.79 Å². The Morgan fingerprint density at radius 3 is 2.52 bits per heavy atom. The molecule has 0 aliphatic heterocycles. The van der Waals surface area contributed by atoms with Gasteiger partial charge in [-0.3, -0.25) is 9.78 Å². The highest BCUT2D eigenvalue weighted by Crippen LogP contribution is 2.20. The number of nitrogens with zero attached hydrogens (tertiary/aromatic N) is 2. The predicted octanol–water partition coefficient (Wildman–Crippen LogP) is 3.20. The van der Waals surface area contributed by atoms with E-state index in [-0.39, 0.29) is 5.91 Å². The third kappa shape index (κ3) is 4.14. The first-order valence-corrected chi connectivity index (χ1v) is 7.18. The molecule has 0 bridgehead atoms. The second-order valence-corrected chi connectivity index (χ2v) is 4.80. The van der Waals surface area contributed by atoms with Crippen molar-refractivity contribution in [3.63, 3.8) is 0 Å². The molecule has 3 rings (SSSR count). The smallest absolute Gasteiger partial charge is 0.251 e. The van der Waals surface area contributed by atoms with Crippen molar-refractivity contribution in [1.82, 2.24) is 15.3 Å². The third-order valence-corrected chi connectivity index (χ3v) is 3.11. The fourth-order valence-electron chi connectivity index (χ4n) is 2.00. The molecule has 0 aliphatic carbocycles. The van der Waals surface area contributed by atoms with E-state index in [4.69, 9.17) is 4.74 Å². The van der Waals surface area contributed by atoms with Crippen LogP contribution in [-0.2, 0) is 6.54 Å². The zero-order valence-electron chi connectivity index (χ0n) is 12.3. The highest BCUT2D eigenvalue weighted by molar-refractivity contribution is 5.94. The second-order valence-electron chi connectivity index (χ2n) is 4.80. The minimum Gasteiger partial charge on any atom is -0.439 e. The van der Waals surface area contributed by atoms with Crippen molar-refractivity contribution in [2.24, 2.45) is 0 Å². The quantitative estimate of drug-likeness (QED) is 0.786. The molecule has 5 heteroatoms. The summed E-state index contributed by atoms with van der Waals surface area (Å²) in [6.07, 6.45) is 3.35. The maximum Gasteiger partial charge on any atom is 0.251 e. The first-order chi connectivity index (χ1) is 11.3. The molecule has 114 valence electrons. The maximum absolute atomic E-state index is 12.2. The highest BCUT2D eigenvalue weighted by atomic mass is 16.5. The Bertz CT molecular complexity index is 777. The van der Waals surface area contributed by atoms with Crippen LogP contribution in [0, 0.1) is 0 Å². The number of pyridine rings is 2. The summed E-state index contributed by atoms with van der Waals surface area (Å²) in [5.74, 6) is 0.870. The number of rotatable bonds is 5. The maximum atomic E-state index is 12.2. The number of amides is 1. The van der Waals surface area contributed by atoms with Gasteiger partial charge in [-0.15, -0.1) is 0 Å². The van der Waals surface area contributed by atoms with Gasteiger partial charge in [-0.05, 0) is 36.4 Å². The number of carbonyl (C=O) groups excluding carboxylic acids is 1. The number of benzene rings is 1. The molecule has 0 radical (unpaired) electrons. The molecular formula is C18H15N3O2. The van der Waals surface area contributed by atoms with Crippen molar-refractivity contribution >= 4 is 5.91 Å². The number of ether oxygens (including phenoxy) is 1. The molecule has 1 aromatic carbocycles. The second kappa shape index (κ2) is 7.17. The third-order valence-electron chi connectivity index (χ3n) is 3.11. The molecule has 23 heavy (non-hydrogen) atoms. The highest BCUT2D eigenvalue weighted by Gasteiger charge is 2.07. The van der Waals surface area contributed by atoms with E-state index in [0.717, 1.165) is 5.69 Å². The molecule has 5 nitrogen and oxygen atoms in total. The molecule has 0 saturated heterocycles. The lowest BCUT2D eigenvalue weighted by Gasteiger charge is -2.07. The van der Waals surface area contributed by atoms with E-state index in [1.807, 2.05) is 30.3 Å². The molecule has 0 saturated carbocycles. The molecule has 1 N–H and O–H groups in total. The van der Waals surface area contributed by atoms with Gasteiger partial charge >= 0.3 is 0 Å². The van der Waals surface area contributed by atoms with Crippen LogP contribution in [0.25, 0.3) is 0 Å². The SMILES string of the molecule is O=C(NCc1ccccn1)c1cccc(Oc2ccccn2)c1. The lowest BCUT2D eigenvalue weighted by Crippen LogP contribution is -2.23. The van der Waals surface area contributed by atoms with E-state index in [0.29, 0.717) is 23.7 Å². The number of nitrogens with one attached hydrogen (secondary N) is 1. The van der Waals surface area contributed by atoms with Crippen LogP contribution in [0.3, 0.4) is 0 Å². The van der Waals surface area contributed by atoms with Crippen molar-refractivity contribution in [2.45, 2.75) is 6.54 Å². The Morgan fingerprint density at radius 1 is 0.957 bits per heavy atom. The fraction of sp³-hybridized carbons (Fsp3) is 0.0556. The first kappa shape index (κ1) is 14.7. The van der Waals surface area contributed by atoms with Gasteiger partial charge < -0.3 is 10.1 Å². The topological polar surface area (TPSA) is 64.1 Å². The molecule has 2 heterocycles. The summed E-state index contributed by atoms with van der Waals surface area (Å²) in [6.45, 7) is 0.380. The van der Waals surface area contributed by atoms with Gasteiger partial charge in [0.25, 0.3) is 5.91 Å². The summed E-state index contributed by atoms with van der Waals surface area (Å²) >= 11 is 0. The fourth-order valence-corrected chi connectivity index (χ4v) is 2.00. The van der Waals surface area contributed by atoms with Crippen LogP contribution < -0.4 is 10.1 Å². The van der Waals surface area contributed by atoms with Gasteiger partial charge in [-0.2, -0.15) is 0 Å². The number of carbonyl (C=O) groups is 1. The summed E-state index contributed by atoms with van der Waals surface area (Å²) in [4.78, 5) is 20.5. The minimum absolute atomic E-state index is 0.179. The Morgan fingerprint density at radius 2 is 1.78 bits per heavy atom. The Kier molecular flexibility index (Phi) is 4.59. The molecule has 2 aromatic heterocycles. The Labute approximate surface area is 134 Å². The standard InChI is InChI=1S/C18H15N3O2/c22-18(21-13-15-7-1-3-10-19-15)14-6-5-8-16(12-14)23-17-9-2-4-11-20-17/h1-12H,13H2,(H,21,22).